The first kappa shape index (κ1) is 14.6. The third-order valence-electron chi connectivity index (χ3n) is 1.91. The summed E-state index contributed by atoms with van der Waals surface area (Å²) in [5.74, 6) is 0. The first-order chi connectivity index (χ1) is 7.74. The first-order valence-electron chi connectivity index (χ1n) is 5.57. The third-order valence-corrected chi connectivity index (χ3v) is 5.16. The molecule has 0 fully saturated rings. The molecule has 98 valence electrons. The number of hydrogen-bond donors (Lipinski definition) is 2. The molecule has 1 aromatic heterocycles. The maximum atomic E-state index is 12.0. The second-order valence-corrected chi connectivity index (χ2v) is 7.73. The van der Waals surface area contributed by atoms with E-state index in [4.69, 9.17) is 0 Å². The van der Waals surface area contributed by atoms with Gasteiger partial charge in [-0.15, -0.1) is 11.3 Å². The Morgan fingerprint density at radius 1 is 1.35 bits per heavy atom. The number of thiophene rings is 1. The molecule has 0 saturated heterocycles. The molecule has 2 N–H and O–H groups in total. The van der Waals surface area contributed by atoms with Gasteiger partial charge in [0.1, 0.15) is 4.21 Å². The molecule has 1 aromatic rings. The van der Waals surface area contributed by atoms with Gasteiger partial charge in [-0.3, -0.25) is 0 Å². The molecule has 0 aromatic carbocycles. The van der Waals surface area contributed by atoms with E-state index in [1.165, 1.54) is 11.3 Å². The molecule has 0 unspecified atom stereocenters. The minimum Gasteiger partial charge on any atom is -0.313 e. The highest BCUT2D eigenvalue weighted by atomic mass is 32.2. The molecular formula is C11H20N2O2S2. The Labute approximate surface area is 107 Å². The second kappa shape index (κ2) is 5.48. The highest BCUT2D eigenvalue weighted by Gasteiger charge is 2.23. The lowest BCUT2D eigenvalue weighted by atomic mass is 10.1. The quantitative estimate of drug-likeness (QED) is 0.864. The van der Waals surface area contributed by atoms with Gasteiger partial charge in [0.25, 0.3) is 10.0 Å². The zero-order chi connectivity index (χ0) is 13.1. The Bertz CT molecular complexity index is 458. The van der Waals surface area contributed by atoms with Crippen molar-refractivity contribution in [2.75, 3.05) is 6.54 Å². The topological polar surface area (TPSA) is 58.2 Å². The van der Waals surface area contributed by atoms with Crippen molar-refractivity contribution in [1.29, 1.82) is 0 Å². The summed E-state index contributed by atoms with van der Waals surface area (Å²) < 4.78 is 27.0. The Balaban J connectivity index is 2.82. The molecule has 0 aliphatic rings. The summed E-state index contributed by atoms with van der Waals surface area (Å²) >= 11 is 1.26. The molecule has 0 aliphatic heterocycles. The van der Waals surface area contributed by atoms with E-state index in [2.05, 4.69) is 10.0 Å². The Morgan fingerprint density at radius 3 is 2.53 bits per heavy atom. The van der Waals surface area contributed by atoms with E-state index in [1.807, 2.05) is 33.1 Å². The van der Waals surface area contributed by atoms with Gasteiger partial charge in [-0.25, -0.2) is 13.1 Å². The Morgan fingerprint density at radius 2 is 2.00 bits per heavy atom. The fourth-order valence-corrected chi connectivity index (χ4v) is 3.94. The van der Waals surface area contributed by atoms with Crippen molar-refractivity contribution < 1.29 is 8.42 Å². The minimum absolute atomic E-state index is 0.375. The monoisotopic (exact) mass is 276 g/mol. The van der Waals surface area contributed by atoms with Crippen LogP contribution < -0.4 is 10.0 Å². The van der Waals surface area contributed by atoms with Crippen LogP contribution >= 0.6 is 11.3 Å². The Hall–Kier alpha value is -0.430. The molecule has 0 radical (unpaired) electrons. The van der Waals surface area contributed by atoms with Crippen LogP contribution in [0.5, 0.6) is 0 Å². The maximum Gasteiger partial charge on any atom is 0.250 e. The van der Waals surface area contributed by atoms with Gasteiger partial charge in [0.05, 0.1) is 0 Å². The molecule has 0 bridgehead atoms. The summed E-state index contributed by atoms with van der Waals surface area (Å²) in [6, 6.07) is 1.72. The summed E-state index contributed by atoms with van der Waals surface area (Å²) in [5.41, 5.74) is 0.552. The van der Waals surface area contributed by atoms with Crippen LogP contribution in [0.3, 0.4) is 0 Å². The molecular weight excluding hydrogens is 256 g/mol. The van der Waals surface area contributed by atoms with Crippen molar-refractivity contribution in [3.63, 3.8) is 0 Å². The third kappa shape index (κ3) is 4.75. The van der Waals surface area contributed by atoms with E-state index in [9.17, 15) is 8.42 Å². The standard InChI is InChI=1S/C11H20N2O2S2/c1-5-12-7-9-6-10(16-8-9)17(14,15)13-11(2,3)4/h6,8,12-13H,5,7H2,1-4H3. The first-order valence-corrected chi connectivity index (χ1v) is 7.93. The summed E-state index contributed by atoms with van der Waals surface area (Å²) in [6.45, 7) is 9.09. The van der Waals surface area contributed by atoms with Gasteiger partial charge in [-0.05, 0) is 44.3 Å². The van der Waals surface area contributed by atoms with Crippen LogP contribution in [0.2, 0.25) is 0 Å². The van der Waals surface area contributed by atoms with Gasteiger partial charge in [0, 0.05) is 12.1 Å². The number of hydrogen-bond acceptors (Lipinski definition) is 4. The highest BCUT2D eigenvalue weighted by molar-refractivity contribution is 7.91. The molecule has 4 nitrogen and oxygen atoms in total. The molecule has 17 heavy (non-hydrogen) atoms. The van der Waals surface area contributed by atoms with Crippen molar-refractivity contribution in [2.24, 2.45) is 0 Å². The zero-order valence-electron chi connectivity index (χ0n) is 10.7. The lowest BCUT2D eigenvalue weighted by molar-refractivity contribution is 0.492. The van der Waals surface area contributed by atoms with Crippen molar-refractivity contribution in [3.8, 4) is 0 Å². The van der Waals surface area contributed by atoms with E-state index >= 15 is 0 Å². The summed E-state index contributed by atoms with van der Waals surface area (Å²) in [7, 11) is -3.38. The molecule has 0 saturated carbocycles. The molecule has 6 heteroatoms. The average Bonchev–Trinajstić information content (AvgIpc) is 2.59. The van der Waals surface area contributed by atoms with E-state index in [-0.39, 0.29) is 0 Å². The maximum absolute atomic E-state index is 12.0. The molecule has 1 rings (SSSR count). The average molecular weight is 276 g/mol. The van der Waals surface area contributed by atoms with Crippen LogP contribution in [0.15, 0.2) is 15.7 Å². The number of sulfonamides is 1. The fraction of sp³-hybridized carbons (Fsp3) is 0.636. The van der Waals surface area contributed by atoms with E-state index in [1.54, 1.807) is 6.07 Å². The van der Waals surface area contributed by atoms with Crippen molar-refractivity contribution in [1.82, 2.24) is 10.0 Å². The van der Waals surface area contributed by atoms with Gasteiger partial charge in [0.15, 0.2) is 0 Å². The van der Waals surface area contributed by atoms with Crippen molar-refractivity contribution in [2.45, 2.75) is 44.0 Å². The minimum atomic E-state index is -3.38. The molecule has 0 atom stereocenters. The van der Waals surface area contributed by atoms with Gasteiger partial charge < -0.3 is 5.32 Å². The lowest BCUT2D eigenvalue weighted by Gasteiger charge is -2.19. The van der Waals surface area contributed by atoms with E-state index in [0.29, 0.717) is 10.8 Å². The smallest absolute Gasteiger partial charge is 0.250 e. The van der Waals surface area contributed by atoms with Crippen LogP contribution in [0.25, 0.3) is 0 Å². The fourth-order valence-electron chi connectivity index (χ4n) is 1.31. The SMILES string of the molecule is CCNCc1csc(S(=O)(=O)NC(C)(C)C)c1. The predicted molar refractivity (Wildman–Crippen MR) is 71.8 cm³/mol. The molecule has 1 heterocycles. The summed E-state index contributed by atoms with van der Waals surface area (Å²) in [6.07, 6.45) is 0. The highest BCUT2D eigenvalue weighted by Crippen LogP contribution is 2.21. The molecule has 0 spiro atoms. The second-order valence-electron chi connectivity index (χ2n) is 4.91. The number of nitrogens with one attached hydrogen (secondary N) is 2. The molecule has 0 aliphatic carbocycles. The van der Waals surface area contributed by atoms with Crippen molar-refractivity contribution >= 4 is 21.4 Å². The summed E-state index contributed by atoms with van der Waals surface area (Å²) in [4.78, 5) is 0. The van der Waals surface area contributed by atoms with Gasteiger partial charge in [0.2, 0.25) is 0 Å². The largest absolute Gasteiger partial charge is 0.313 e. The van der Waals surface area contributed by atoms with Crippen molar-refractivity contribution in [3.05, 3.63) is 17.0 Å². The van der Waals surface area contributed by atoms with Crippen LogP contribution in [-0.2, 0) is 16.6 Å². The lowest BCUT2D eigenvalue weighted by Crippen LogP contribution is -2.40. The van der Waals surface area contributed by atoms with Crippen LogP contribution in [0.1, 0.15) is 33.3 Å². The van der Waals surface area contributed by atoms with Crippen LogP contribution in [-0.4, -0.2) is 20.5 Å². The van der Waals surface area contributed by atoms with Gasteiger partial charge in [-0.2, -0.15) is 0 Å². The zero-order valence-corrected chi connectivity index (χ0v) is 12.3. The van der Waals surface area contributed by atoms with Crippen LogP contribution in [0, 0.1) is 0 Å². The normalized spacial score (nSPS) is 12.9. The summed E-state index contributed by atoms with van der Waals surface area (Å²) in [5, 5.41) is 5.04. The van der Waals surface area contributed by atoms with Gasteiger partial charge in [-0.1, -0.05) is 6.92 Å². The van der Waals surface area contributed by atoms with Gasteiger partial charge >= 0.3 is 0 Å². The Kier molecular flexibility index (Phi) is 4.71. The number of rotatable bonds is 5. The van der Waals surface area contributed by atoms with E-state index < -0.39 is 15.6 Å². The molecule has 0 amide bonds. The predicted octanol–water partition coefficient (Wildman–Crippen LogP) is 1.93. The van der Waals surface area contributed by atoms with Crippen LogP contribution in [0.4, 0.5) is 0 Å². The van der Waals surface area contributed by atoms with E-state index in [0.717, 1.165) is 12.1 Å².